The van der Waals surface area contributed by atoms with Crippen LogP contribution in [0.25, 0.3) is 11.1 Å². The first-order chi connectivity index (χ1) is 9.52. The van der Waals surface area contributed by atoms with Crippen LogP contribution in [0.3, 0.4) is 0 Å². The molecule has 5 heteroatoms. The summed E-state index contributed by atoms with van der Waals surface area (Å²) in [6.07, 6.45) is 0. The fourth-order valence-electron chi connectivity index (χ4n) is 2.10. The van der Waals surface area contributed by atoms with Crippen molar-refractivity contribution in [2.24, 2.45) is 0 Å². The smallest absolute Gasteiger partial charge is 0.273 e. The summed E-state index contributed by atoms with van der Waals surface area (Å²) in [7, 11) is -4.18. The Morgan fingerprint density at radius 3 is 2.20 bits per heavy atom. The molecule has 4 nitrogen and oxygen atoms in total. The molecular formula is C15H17NO3S. The Balaban J connectivity index is 2.39. The topological polar surface area (TPSA) is 57.6 Å². The molecule has 0 saturated heterocycles. The van der Waals surface area contributed by atoms with Gasteiger partial charge < -0.3 is 0 Å². The minimum atomic E-state index is -4.18. The Morgan fingerprint density at radius 2 is 1.60 bits per heavy atom. The van der Waals surface area contributed by atoms with Crippen molar-refractivity contribution in [1.29, 1.82) is 0 Å². The predicted molar refractivity (Wildman–Crippen MR) is 79.5 cm³/mol. The number of benzene rings is 2. The lowest BCUT2D eigenvalue weighted by atomic mass is 10.00. The second-order valence-corrected chi connectivity index (χ2v) is 5.84. The molecule has 0 bridgehead atoms. The van der Waals surface area contributed by atoms with Crippen molar-refractivity contribution in [1.82, 2.24) is 4.31 Å². The van der Waals surface area contributed by atoms with Crippen molar-refractivity contribution >= 4 is 10.3 Å². The molecule has 2 aromatic carbocycles. The highest BCUT2D eigenvalue weighted by Crippen LogP contribution is 2.24. The minimum Gasteiger partial charge on any atom is -0.273 e. The van der Waals surface area contributed by atoms with Gasteiger partial charge >= 0.3 is 10.3 Å². The van der Waals surface area contributed by atoms with Gasteiger partial charge in [0.05, 0.1) is 0 Å². The van der Waals surface area contributed by atoms with E-state index in [1.807, 2.05) is 54.6 Å². The maximum atomic E-state index is 11.3. The largest absolute Gasteiger partial charge is 0.336 e. The van der Waals surface area contributed by atoms with Gasteiger partial charge in [0.2, 0.25) is 0 Å². The lowest BCUT2D eigenvalue weighted by Gasteiger charge is -2.18. The van der Waals surface area contributed by atoms with Gasteiger partial charge in [0.25, 0.3) is 0 Å². The van der Waals surface area contributed by atoms with Crippen molar-refractivity contribution in [3.63, 3.8) is 0 Å². The van der Waals surface area contributed by atoms with E-state index in [4.69, 9.17) is 0 Å². The van der Waals surface area contributed by atoms with Crippen LogP contribution in [-0.4, -0.2) is 23.8 Å². The molecule has 0 unspecified atom stereocenters. The van der Waals surface area contributed by atoms with Gasteiger partial charge in [-0.05, 0) is 16.7 Å². The average molecular weight is 291 g/mol. The maximum Gasteiger partial charge on any atom is 0.336 e. The summed E-state index contributed by atoms with van der Waals surface area (Å²) in [6.45, 7) is 2.07. The van der Waals surface area contributed by atoms with Crippen LogP contribution in [0.5, 0.6) is 0 Å². The van der Waals surface area contributed by atoms with Gasteiger partial charge in [-0.2, -0.15) is 12.7 Å². The lowest BCUT2D eigenvalue weighted by molar-refractivity contribution is 0.357. The molecule has 2 aromatic rings. The van der Waals surface area contributed by atoms with Crippen LogP contribution >= 0.6 is 0 Å². The number of rotatable bonds is 5. The summed E-state index contributed by atoms with van der Waals surface area (Å²) in [5.74, 6) is 0. The number of hydrogen-bond donors (Lipinski definition) is 1. The summed E-state index contributed by atoms with van der Waals surface area (Å²) in [5.41, 5.74) is 2.85. The third-order valence-electron chi connectivity index (χ3n) is 3.13. The Kier molecular flexibility index (Phi) is 4.54. The van der Waals surface area contributed by atoms with E-state index in [1.54, 1.807) is 6.92 Å². The molecule has 0 radical (unpaired) electrons. The summed E-state index contributed by atoms with van der Waals surface area (Å²) in [6, 6.07) is 17.3. The highest BCUT2D eigenvalue weighted by Gasteiger charge is 2.18. The van der Waals surface area contributed by atoms with Gasteiger partial charge in [0, 0.05) is 13.1 Å². The first kappa shape index (κ1) is 14.7. The van der Waals surface area contributed by atoms with E-state index in [2.05, 4.69) is 0 Å². The molecule has 0 spiro atoms. The van der Waals surface area contributed by atoms with Crippen molar-refractivity contribution in [3.05, 3.63) is 60.2 Å². The van der Waals surface area contributed by atoms with Gasteiger partial charge in [-0.3, -0.25) is 4.55 Å². The first-order valence-electron chi connectivity index (χ1n) is 6.38. The molecule has 0 atom stereocenters. The van der Waals surface area contributed by atoms with Crippen molar-refractivity contribution in [3.8, 4) is 11.1 Å². The van der Waals surface area contributed by atoms with Crippen LogP contribution in [0.4, 0.5) is 0 Å². The second-order valence-electron chi connectivity index (χ2n) is 4.43. The van der Waals surface area contributed by atoms with Gasteiger partial charge in [0.1, 0.15) is 0 Å². The Morgan fingerprint density at radius 1 is 1.00 bits per heavy atom. The summed E-state index contributed by atoms with van der Waals surface area (Å²) < 4.78 is 32.8. The van der Waals surface area contributed by atoms with Crippen LogP contribution in [0.1, 0.15) is 12.5 Å². The van der Waals surface area contributed by atoms with Crippen LogP contribution in [0, 0.1) is 0 Å². The van der Waals surface area contributed by atoms with E-state index in [0.717, 1.165) is 21.0 Å². The fourth-order valence-corrected chi connectivity index (χ4v) is 2.73. The normalized spacial score (nSPS) is 11.8. The molecule has 0 aliphatic heterocycles. The zero-order chi connectivity index (χ0) is 14.6. The average Bonchev–Trinajstić information content (AvgIpc) is 2.45. The van der Waals surface area contributed by atoms with Gasteiger partial charge in [-0.25, -0.2) is 0 Å². The monoisotopic (exact) mass is 291 g/mol. The molecule has 106 valence electrons. The van der Waals surface area contributed by atoms with Gasteiger partial charge in [-0.1, -0.05) is 61.5 Å². The first-order valence-corrected chi connectivity index (χ1v) is 7.78. The van der Waals surface area contributed by atoms with Crippen LogP contribution in [-0.2, 0) is 16.8 Å². The van der Waals surface area contributed by atoms with Crippen LogP contribution in [0.2, 0.25) is 0 Å². The van der Waals surface area contributed by atoms with E-state index in [9.17, 15) is 13.0 Å². The Hall–Kier alpha value is -1.69. The molecule has 0 saturated carbocycles. The minimum absolute atomic E-state index is 0.153. The highest BCUT2D eigenvalue weighted by atomic mass is 32.2. The fraction of sp³-hybridized carbons (Fsp3) is 0.200. The molecule has 0 heterocycles. The zero-order valence-electron chi connectivity index (χ0n) is 11.2. The van der Waals surface area contributed by atoms with Gasteiger partial charge in [0.15, 0.2) is 0 Å². The van der Waals surface area contributed by atoms with Crippen molar-refractivity contribution < 1.29 is 13.0 Å². The third kappa shape index (κ3) is 3.45. The number of nitrogens with zero attached hydrogens (tertiary/aromatic N) is 1. The molecule has 1 N–H and O–H groups in total. The van der Waals surface area contributed by atoms with E-state index in [0.29, 0.717) is 0 Å². The molecule has 0 fully saturated rings. The predicted octanol–water partition coefficient (Wildman–Crippen LogP) is 2.98. The lowest BCUT2D eigenvalue weighted by Crippen LogP contribution is -2.29. The van der Waals surface area contributed by atoms with Gasteiger partial charge in [-0.15, -0.1) is 0 Å². The standard InChI is InChI=1S/C15H17NO3S/c1-2-16(20(17,18)19)12-14-10-6-7-11-15(14)13-8-4-3-5-9-13/h3-11H,2,12H2,1H3,(H,17,18,19). The summed E-state index contributed by atoms with van der Waals surface area (Å²) >= 11 is 0. The van der Waals surface area contributed by atoms with E-state index >= 15 is 0 Å². The maximum absolute atomic E-state index is 11.3. The third-order valence-corrected chi connectivity index (χ3v) is 4.17. The van der Waals surface area contributed by atoms with E-state index in [1.165, 1.54) is 0 Å². The molecule has 0 amide bonds. The quantitative estimate of drug-likeness (QED) is 0.862. The summed E-state index contributed by atoms with van der Waals surface area (Å²) in [5, 5.41) is 0. The molecule has 0 aromatic heterocycles. The van der Waals surface area contributed by atoms with Crippen molar-refractivity contribution in [2.45, 2.75) is 13.5 Å². The number of hydrogen-bond acceptors (Lipinski definition) is 2. The molecule has 0 aliphatic carbocycles. The SMILES string of the molecule is CCN(Cc1ccccc1-c1ccccc1)S(=O)(=O)O. The van der Waals surface area contributed by atoms with Crippen molar-refractivity contribution in [2.75, 3.05) is 6.54 Å². The van der Waals surface area contributed by atoms with Crippen LogP contribution < -0.4 is 0 Å². The van der Waals surface area contributed by atoms with E-state index < -0.39 is 10.3 Å². The molecule has 2 rings (SSSR count). The summed E-state index contributed by atoms with van der Waals surface area (Å²) in [4.78, 5) is 0. The molecular weight excluding hydrogens is 274 g/mol. The molecule has 0 aliphatic rings. The second kappa shape index (κ2) is 6.17. The zero-order valence-corrected chi connectivity index (χ0v) is 12.0. The molecule has 20 heavy (non-hydrogen) atoms. The van der Waals surface area contributed by atoms with Crippen LogP contribution in [0.15, 0.2) is 54.6 Å². The highest BCUT2D eigenvalue weighted by molar-refractivity contribution is 7.83. The Bertz CT molecular complexity index is 669. The van der Waals surface area contributed by atoms with E-state index in [-0.39, 0.29) is 13.1 Å². The Labute approximate surface area is 119 Å².